The summed E-state index contributed by atoms with van der Waals surface area (Å²) < 4.78 is 4.50. The van der Waals surface area contributed by atoms with E-state index in [-0.39, 0.29) is 5.56 Å². The molecule has 0 aromatic carbocycles. The van der Waals surface area contributed by atoms with Gasteiger partial charge in [-0.25, -0.2) is 0 Å². The third kappa shape index (κ3) is 4.77. The van der Waals surface area contributed by atoms with Gasteiger partial charge in [0.05, 0.1) is 5.56 Å². The fourth-order valence-corrected chi connectivity index (χ4v) is 0.517. The van der Waals surface area contributed by atoms with Crippen LogP contribution in [0, 0.1) is 0 Å². The first-order chi connectivity index (χ1) is 5.84. The van der Waals surface area contributed by atoms with Crippen molar-refractivity contribution in [3.05, 3.63) is 22.2 Å². The van der Waals surface area contributed by atoms with E-state index in [0.717, 1.165) is 6.42 Å². The zero-order chi connectivity index (χ0) is 9.98. The Balaban J connectivity index is 0. The molecular formula is C9H19NO2. The maximum Gasteiger partial charge on any atom is 0.283 e. The molecule has 72 valence electrons. The quantitative estimate of drug-likeness (QED) is 0.709. The van der Waals surface area contributed by atoms with Crippen LogP contribution in [-0.2, 0) is 6.42 Å². The monoisotopic (exact) mass is 173 g/mol. The molecule has 3 nitrogen and oxygen atoms in total. The van der Waals surface area contributed by atoms with Gasteiger partial charge in [-0.15, -0.1) is 0 Å². The normalized spacial score (nSPS) is 7.42. The van der Waals surface area contributed by atoms with Crippen LogP contribution < -0.4 is 5.56 Å². The van der Waals surface area contributed by atoms with Crippen molar-refractivity contribution in [1.82, 2.24) is 5.16 Å². The summed E-state index contributed by atoms with van der Waals surface area (Å²) in [7, 11) is 0. The molecule has 0 bridgehead atoms. The molecule has 1 aromatic rings. The number of hydrogen-bond donors (Lipinski definition) is 1. The van der Waals surface area contributed by atoms with Crippen LogP contribution in [0.3, 0.4) is 0 Å². The van der Waals surface area contributed by atoms with Gasteiger partial charge >= 0.3 is 0 Å². The summed E-state index contributed by atoms with van der Waals surface area (Å²) in [5, 5.41) is 2.19. The first-order valence-electron chi connectivity index (χ1n) is 4.49. The van der Waals surface area contributed by atoms with Crippen molar-refractivity contribution in [2.45, 2.75) is 41.0 Å². The van der Waals surface area contributed by atoms with Crippen molar-refractivity contribution in [2.24, 2.45) is 0 Å². The molecule has 0 aliphatic carbocycles. The standard InChI is InChI=1S/C5H7NO2.2C2H6/c1-2-4-3-8-6-5(4)7;2*1-2/h3H,2H2,1H3,(H,6,7);2*1-2H3. The van der Waals surface area contributed by atoms with Crippen LogP contribution in [-0.4, -0.2) is 5.16 Å². The largest absolute Gasteiger partial charge is 0.387 e. The topological polar surface area (TPSA) is 46.0 Å². The molecule has 1 aromatic heterocycles. The number of H-pyrrole nitrogens is 1. The lowest BCUT2D eigenvalue weighted by Gasteiger charge is -1.74. The van der Waals surface area contributed by atoms with Crippen LogP contribution in [0.4, 0.5) is 0 Å². The SMILES string of the molecule is CC.CC.CCc1co[nH]c1=O. The van der Waals surface area contributed by atoms with E-state index in [9.17, 15) is 4.79 Å². The maximum atomic E-state index is 10.5. The first kappa shape index (κ1) is 13.6. The van der Waals surface area contributed by atoms with Crippen LogP contribution in [0.25, 0.3) is 0 Å². The van der Waals surface area contributed by atoms with Crippen molar-refractivity contribution in [2.75, 3.05) is 0 Å². The lowest BCUT2D eigenvalue weighted by atomic mass is 10.3. The minimum absolute atomic E-state index is 0.118. The molecule has 0 spiro atoms. The number of rotatable bonds is 1. The van der Waals surface area contributed by atoms with Crippen LogP contribution in [0.5, 0.6) is 0 Å². The molecule has 0 atom stereocenters. The van der Waals surface area contributed by atoms with Crippen LogP contribution in [0.2, 0.25) is 0 Å². The summed E-state index contributed by atoms with van der Waals surface area (Å²) >= 11 is 0. The van der Waals surface area contributed by atoms with Crippen molar-refractivity contribution in [3.63, 3.8) is 0 Å². The molecule has 3 heteroatoms. The number of aromatic nitrogens is 1. The maximum absolute atomic E-state index is 10.5. The number of aromatic amines is 1. The fourth-order valence-electron chi connectivity index (χ4n) is 0.517. The van der Waals surface area contributed by atoms with E-state index in [1.807, 2.05) is 34.6 Å². The summed E-state index contributed by atoms with van der Waals surface area (Å²) in [6.45, 7) is 9.90. The molecule has 1 rings (SSSR count). The van der Waals surface area contributed by atoms with Crippen molar-refractivity contribution < 1.29 is 4.52 Å². The minimum Gasteiger partial charge on any atom is -0.387 e. The Morgan fingerprint density at radius 1 is 1.33 bits per heavy atom. The van der Waals surface area contributed by atoms with Crippen LogP contribution >= 0.6 is 0 Å². The van der Waals surface area contributed by atoms with Crippen LogP contribution in [0.15, 0.2) is 15.6 Å². The molecule has 0 saturated carbocycles. The zero-order valence-electron chi connectivity index (χ0n) is 8.60. The van der Waals surface area contributed by atoms with E-state index >= 15 is 0 Å². The number of nitrogens with one attached hydrogen (secondary N) is 1. The Kier molecular flexibility index (Phi) is 11.3. The summed E-state index contributed by atoms with van der Waals surface area (Å²) in [5.74, 6) is 0. The minimum atomic E-state index is -0.118. The Hall–Kier alpha value is -0.990. The second-order valence-corrected chi connectivity index (χ2v) is 1.55. The van der Waals surface area contributed by atoms with E-state index in [1.54, 1.807) is 0 Å². The number of hydrogen-bond acceptors (Lipinski definition) is 2. The molecule has 0 aliphatic rings. The van der Waals surface area contributed by atoms with Gasteiger partial charge in [0.25, 0.3) is 5.56 Å². The highest BCUT2D eigenvalue weighted by Crippen LogP contribution is 1.87. The predicted octanol–water partition coefficient (Wildman–Crippen LogP) is 2.58. The van der Waals surface area contributed by atoms with E-state index < -0.39 is 0 Å². The summed E-state index contributed by atoms with van der Waals surface area (Å²) in [5.41, 5.74) is 0.581. The Morgan fingerprint density at radius 3 is 2.00 bits per heavy atom. The third-order valence-corrected chi connectivity index (χ3v) is 1.03. The van der Waals surface area contributed by atoms with Crippen molar-refractivity contribution in [1.29, 1.82) is 0 Å². The molecule has 0 saturated heterocycles. The highest BCUT2D eigenvalue weighted by Gasteiger charge is 1.94. The third-order valence-electron chi connectivity index (χ3n) is 1.03. The van der Waals surface area contributed by atoms with Gasteiger partial charge in [-0.05, 0) is 6.42 Å². The molecule has 1 N–H and O–H groups in total. The Morgan fingerprint density at radius 2 is 1.83 bits per heavy atom. The average Bonchev–Trinajstić information content (AvgIpc) is 2.58. The van der Waals surface area contributed by atoms with Gasteiger partial charge < -0.3 is 4.52 Å². The second-order valence-electron chi connectivity index (χ2n) is 1.55. The van der Waals surface area contributed by atoms with Crippen molar-refractivity contribution in [3.8, 4) is 0 Å². The second kappa shape index (κ2) is 10.0. The van der Waals surface area contributed by atoms with E-state index in [1.165, 1.54) is 6.26 Å². The van der Waals surface area contributed by atoms with E-state index in [0.29, 0.717) is 5.56 Å². The van der Waals surface area contributed by atoms with Gasteiger partial charge in [-0.2, -0.15) is 5.16 Å². The molecule has 0 unspecified atom stereocenters. The Bertz CT molecular complexity index is 212. The average molecular weight is 173 g/mol. The van der Waals surface area contributed by atoms with Gasteiger partial charge in [-0.1, -0.05) is 34.6 Å². The highest BCUT2D eigenvalue weighted by molar-refractivity contribution is 4.99. The molecule has 12 heavy (non-hydrogen) atoms. The van der Waals surface area contributed by atoms with Gasteiger partial charge in [0, 0.05) is 0 Å². The fraction of sp³-hybridized carbons (Fsp3) is 0.667. The van der Waals surface area contributed by atoms with Gasteiger partial charge in [0.1, 0.15) is 6.26 Å². The van der Waals surface area contributed by atoms with Crippen molar-refractivity contribution >= 4 is 0 Å². The van der Waals surface area contributed by atoms with E-state index in [2.05, 4.69) is 9.68 Å². The molecule has 0 fully saturated rings. The molecule has 0 aliphatic heterocycles. The van der Waals surface area contributed by atoms with Gasteiger partial charge in [0.2, 0.25) is 0 Å². The first-order valence-corrected chi connectivity index (χ1v) is 4.49. The lowest BCUT2D eigenvalue weighted by molar-refractivity contribution is 0.413. The smallest absolute Gasteiger partial charge is 0.283 e. The van der Waals surface area contributed by atoms with Gasteiger partial charge in [-0.3, -0.25) is 4.79 Å². The highest BCUT2D eigenvalue weighted by atomic mass is 16.5. The zero-order valence-corrected chi connectivity index (χ0v) is 8.60. The Labute approximate surface area is 73.8 Å². The predicted molar refractivity (Wildman–Crippen MR) is 51.4 cm³/mol. The summed E-state index contributed by atoms with van der Waals surface area (Å²) in [6, 6.07) is 0. The molecule has 0 radical (unpaired) electrons. The summed E-state index contributed by atoms with van der Waals surface area (Å²) in [4.78, 5) is 10.5. The van der Waals surface area contributed by atoms with E-state index in [4.69, 9.17) is 0 Å². The molecule has 0 amide bonds. The molecule has 1 heterocycles. The summed E-state index contributed by atoms with van der Waals surface area (Å²) in [6.07, 6.45) is 2.16. The molecular weight excluding hydrogens is 154 g/mol. The van der Waals surface area contributed by atoms with Crippen LogP contribution in [0.1, 0.15) is 40.2 Å². The van der Waals surface area contributed by atoms with Gasteiger partial charge in [0.15, 0.2) is 0 Å². The number of aryl methyl sites for hydroxylation is 1. The lowest BCUT2D eigenvalue weighted by Crippen LogP contribution is -2.02.